The fraction of sp³-hybridized carbons (Fsp3) is 0.391. The molecule has 0 saturated heterocycles. The van der Waals surface area contributed by atoms with E-state index in [1.165, 1.54) is 0 Å². The molecule has 0 aliphatic carbocycles. The largest absolute Gasteiger partial charge is 0.351 e. The fourth-order valence-corrected chi connectivity index (χ4v) is 2.94. The van der Waals surface area contributed by atoms with Crippen LogP contribution in [0.5, 0.6) is 0 Å². The van der Waals surface area contributed by atoms with Gasteiger partial charge in [-0.05, 0) is 52.8 Å². The Balaban J connectivity index is 2.40. The van der Waals surface area contributed by atoms with Crippen molar-refractivity contribution in [2.24, 2.45) is 0 Å². The number of hydrogen-bond donors (Lipinski definition) is 2. The summed E-state index contributed by atoms with van der Waals surface area (Å²) in [6.07, 6.45) is 0. The van der Waals surface area contributed by atoms with E-state index in [-0.39, 0.29) is 11.8 Å². The van der Waals surface area contributed by atoms with Gasteiger partial charge in [-0.15, -0.1) is 0 Å². The van der Waals surface area contributed by atoms with Gasteiger partial charge in [-0.25, -0.2) is 0 Å². The van der Waals surface area contributed by atoms with E-state index in [1.54, 1.807) is 12.1 Å². The summed E-state index contributed by atoms with van der Waals surface area (Å²) in [4.78, 5) is 29.8. The summed E-state index contributed by atoms with van der Waals surface area (Å²) in [6, 6.07) is 14.2. The molecule has 0 aliphatic heterocycles. The third-order valence-corrected chi connectivity index (χ3v) is 4.46. The van der Waals surface area contributed by atoms with Crippen molar-refractivity contribution in [1.29, 1.82) is 0 Å². The van der Waals surface area contributed by atoms with E-state index in [0.29, 0.717) is 29.8 Å². The molecule has 2 aromatic carbocycles. The maximum absolute atomic E-state index is 12.9. The first-order valence-corrected chi connectivity index (χ1v) is 9.77. The van der Waals surface area contributed by atoms with Crippen LogP contribution in [0, 0.1) is 13.0 Å². The molecule has 2 amide bonds. The predicted octanol–water partition coefficient (Wildman–Crippen LogP) is 2.05. The van der Waals surface area contributed by atoms with Crippen molar-refractivity contribution in [3.63, 3.8) is 0 Å². The van der Waals surface area contributed by atoms with Crippen LogP contribution in [0.15, 0.2) is 36.4 Å². The van der Waals surface area contributed by atoms with Gasteiger partial charge in [0.2, 0.25) is 0 Å². The molecule has 0 atom stereocenters. The molecule has 6 heteroatoms. The third kappa shape index (κ3) is 6.69. The second kappa shape index (κ2) is 10.7. The van der Waals surface area contributed by atoms with E-state index in [2.05, 4.69) is 16.7 Å². The van der Waals surface area contributed by atoms with E-state index in [1.807, 2.05) is 69.2 Å². The Hall–Kier alpha value is -2.70. The highest BCUT2D eigenvalue weighted by molar-refractivity contribution is 6.09. The Morgan fingerprint density at radius 3 is 2.14 bits per heavy atom. The summed E-state index contributed by atoms with van der Waals surface area (Å²) in [5, 5.41) is 5.88. The fourth-order valence-electron chi connectivity index (χ4n) is 2.94. The smallest absolute Gasteiger partial charge is 0.252 e. The Labute approximate surface area is 173 Å². The Morgan fingerprint density at radius 1 is 0.931 bits per heavy atom. The minimum Gasteiger partial charge on any atom is -0.351 e. The van der Waals surface area contributed by atoms with E-state index >= 15 is 0 Å². The Bertz CT molecular complexity index is 802. The molecule has 6 nitrogen and oxygen atoms in total. The summed E-state index contributed by atoms with van der Waals surface area (Å²) >= 11 is 0. The second-order valence-corrected chi connectivity index (χ2v) is 7.63. The number of aryl methyl sites for hydroxylation is 1. The summed E-state index contributed by atoms with van der Waals surface area (Å²) in [5.74, 6) is -0.425. The molecule has 0 aliphatic rings. The van der Waals surface area contributed by atoms with Crippen molar-refractivity contribution in [3.05, 3.63) is 59.2 Å². The van der Waals surface area contributed by atoms with Gasteiger partial charge in [-0.3, -0.25) is 9.59 Å². The zero-order valence-corrected chi connectivity index (χ0v) is 18.0. The zero-order valence-electron chi connectivity index (χ0n) is 18.0. The molecule has 2 N–H and O–H groups in total. The molecule has 0 heterocycles. The molecule has 0 spiro atoms. The number of carbonyl (C=O) groups excluding carboxylic acids is 2. The van der Waals surface area contributed by atoms with Gasteiger partial charge >= 0.3 is 0 Å². The van der Waals surface area contributed by atoms with Crippen LogP contribution in [-0.4, -0.2) is 76.0 Å². The average molecular weight is 396 g/mol. The van der Waals surface area contributed by atoms with E-state index in [0.717, 1.165) is 24.2 Å². The molecule has 0 fully saturated rings. The number of hydrogen-bond acceptors (Lipinski definition) is 4. The first kappa shape index (κ1) is 22.6. The first-order valence-electron chi connectivity index (χ1n) is 9.77. The van der Waals surface area contributed by atoms with Gasteiger partial charge in [0.15, 0.2) is 0 Å². The number of nitrogens with zero attached hydrogens (tertiary/aromatic N) is 2. The molecule has 29 heavy (non-hydrogen) atoms. The van der Waals surface area contributed by atoms with Crippen molar-refractivity contribution in [2.75, 3.05) is 54.4 Å². The van der Waals surface area contributed by atoms with Crippen molar-refractivity contribution in [3.8, 4) is 11.1 Å². The Morgan fingerprint density at radius 2 is 1.55 bits per heavy atom. The normalized spacial score (nSPS) is 11.0. The molecule has 0 saturated carbocycles. The maximum Gasteiger partial charge on any atom is 0.252 e. The molecule has 2 rings (SSSR count). The molecule has 0 aromatic heterocycles. The lowest BCUT2D eigenvalue weighted by Crippen LogP contribution is -2.33. The molecular weight excluding hydrogens is 364 g/mol. The lowest BCUT2D eigenvalue weighted by Gasteiger charge is -2.17. The summed E-state index contributed by atoms with van der Waals surface area (Å²) in [6.45, 7) is 4.51. The number of amides is 2. The van der Waals surface area contributed by atoms with Crippen LogP contribution < -0.4 is 10.6 Å². The highest BCUT2D eigenvalue weighted by atomic mass is 16.2. The van der Waals surface area contributed by atoms with Crippen LogP contribution in [0.25, 0.3) is 11.1 Å². The monoisotopic (exact) mass is 395 g/mol. The highest BCUT2D eigenvalue weighted by Crippen LogP contribution is 2.28. The van der Waals surface area contributed by atoms with Crippen LogP contribution in [0.4, 0.5) is 0 Å². The lowest BCUT2D eigenvalue weighted by molar-refractivity contribution is 0.0950. The van der Waals surface area contributed by atoms with Crippen molar-refractivity contribution >= 4 is 11.8 Å². The van der Waals surface area contributed by atoms with Crippen LogP contribution in [0.2, 0.25) is 0 Å². The molecule has 0 bridgehead atoms. The van der Waals surface area contributed by atoms with Crippen molar-refractivity contribution < 1.29 is 9.59 Å². The summed E-state index contributed by atoms with van der Waals surface area (Å²) in [7, 11) is 7.82. The quantitative estimate of drug-likeness (QED) is 0.682. The van der Waals surface area contributed by atoms with Gasteiger partial charge in [0.25, 0.3) is 11.8 Å². The minimum absolute atomic E-state index is 0.195. The summed E-state index contributed by atoms with van der Waals surface area (Å²) in [5.41, 5.74) is 3.36. The van der Waals surface area contributed by atoms with Crippen LogP contribution in [0.3, 0.4) is 0 Å². The van der Waals surface area contributed by atoms with Gasteiger partial charge in [0.05, 0.1) is 5.56 Å². The van der Waals surface area contributed by atoms with Crippen LogP contribution >= 0.6 is 0 Å². The number of likely N-dealkylation sites (N-methyl/N-ethyl adjacent to an activating group) is 2. The van der Waals surface area contributed by atoms with Gasteiger partial charge in [0, 0.05) is 37.3 Å². The molecule has 1 radical (unpaired) electrons. The van der Waals surface area contributed by atoms with Crippen LogP contribution in [0.1, 0.15) is 26.3 Å². The SMILES string of the molecule is Cc1cccc(-c2c(C(=O)NCCN(C)C)[c]ccc2C(=O)NCCN(C)C)c1. The van der Waals surface area contributed by atoms with Crippen LogP contribution in [-0.2, 0) is 0 Å². The van der Waals surface area contributed by atoms with Crippen molar-refractivity contribution in [1.82, 2.24) is 20.4 Å². The van der Waals surface area contributed by atoms with Gasteiger partial charge < -0.3 is 20.4 Å². The molecule has 155 valence electrons. The number of carbonyl (C=O) groups is 2. The summed E-state index contributed by atoms with van der Waals surface area (Å²) < 4.78 is 0. The van der Waals surface area contributed by atoms with Crippen molar-refractivity contribution in [2.45, 2.75) is 6.92 Å². The molecule has 0 unspecified atom stereocenters. The highest BCUT2D eigenvalue weighted by Gasteiger charge is 2.20. The first-order chi connectivity index (χ1) is 13.8. The standard InChI is InChI=1S/C23H31N4O2/c1-17-8-6-9-18(16-17)21-19(22(28)24-12-14-26(2)3)10-7-11-20(21)23(29)25-13-15-27(4)5/h6-10,16H,12-15H2,1-5H3,(H,24,28)(H,25,29). The zero-order chi connectivity index (χ0) is 21.4. The van der Waals surface area contributed by atoms with Gasteiger partial charge in [-0.1, -0.05) is 35.9 Å². The lowest BCUT2D eigenvalue weighted by atomic mass is 9.92. The van der Waals surface area contributed by atoms with E-state index < -0.39 is 0 Å². The second-order valence-electron chi connectivity index (χ2n) is 7.63. The van der Waals surface area contributed by atoms with Gasteiger partial charge in [0.1, 0.15) is 0 Å². The molecular formula is C23H31N4O2. The number of benzene rings is 2. The average Bonchev–Trinajstić information content (AvgIpc) is 2.66. The topological polar surface area (TPSA) is 64.7 Å². The van der Waals surface area contributed by atoms with Gasteiger partial charge in [-0.2, -0.15) is 0 Å². The molecule has 2 aromatic rings. The maximum atomic E-state index is 12.9. The van der Waals surface area contributed by atoms with E-state index in [9.17, 15) is 9.59 Å². The number of rotatable bonds is 9. The predicted molar refractivity (Wildman–Crippen MR) is 117 cm³/mol. The minimum atomic E-state index is -0.230. The third-order valence-electron chi connectivity index (χ3n) is 4.46. The van der Waals surface area contributed by atoms with E-state index in [4.69, 9.17) is 0 Å². The Kier molecular flexibility index (Phi) is 8.36. The number of nitrogens with one attached hydrogen (secondary N) is 2.